The molecular formula is C14H19ClN2O2. The third-order valence-corrected chi connectivity index (χ3v) is 3.11. The highest BCUT2D eigenvalue weighted by Crippen LogP contribution is 2.19. The number of carbonyl (C=O) groups excluding carboxylic acids is 2. The largest absolute Gasteiger partial charge is 0.348 e. The molecule has 0 atom stereocenters. The Hall–Kier alpha value is -1.55. The summed E-state index contributed by atoms with van der Waals surface area (Å²) in [6, 6.07) is 5.12. The molecule has 5 heteroatoms. The number of anilines is 1. The number of benzene rings is 1. The zero-order valence-corrected chi connectivity index (χ0v) is 12.0. The molecule has 104 valence electrons. The lowest BCUT2D eigenvalue weighted by molar-refractivity contribution is -0.136. The molecule has 4 nitrogen and oxygen atoms in total. The lowest BCUT2D eigenvalue weighted by Gasteiger charge is -2.07. The van der Waals surface area contributed by atoms with Gasteiger partial charge < -0.3 is 10.6 Å². The Labute approximate surface area is 118 Å². The average Bonchev–Trinajstić information content (AvgIpc) is 2.38. The maximum absolute atomic E-state index is 11.6. The van der Waals surface area contributed by atoms with E-state index in [1.54, 1.807) is 18.2 Å². The lowest BCUT2D eigenvalue weighted by Crippen LogP contribution is -2.35. The highest BCUT2D eigenvalue weighted by Gasteiger charge is 2.13. The maximum atomic E-state index is 11.6. The van der Waals surface area contributed by atoms with Crippen LogP contribution in [0.2, 0.25) is 5.02 Å². The van der Waals surface area contributed by atoms with Crippen LogP contribution in [-0.4, -0.2) is 18.4 Å². The van der Waals surface area contributed by atoms with Crippen LogP contribution in [0, 0.1) is 6.92 Å². The van der Waals surface area contributed by atoms with Gasteiger partial charge in [-0.15, -0.1) is 0 Å². The molecule has 1 aromatic carbocycles. The van der Waals surface area contributed by atoms with E-state index in [0.717, 1.165) is 24.8 Å². The van der Waals surface area contributed by atoms with Crippen LogP contribution in [0.25, 0.3) is 0 Å². The van der Waals surface area contributed by atoms with Crippen LogP contribution < -0.4 is 10.6 Å². The van der Waals surface area contributed by atoms with Crippen molar-refractivity contribution in [1.82, 2.24) is 5.32 Å². The highest BCUT2D eigenvalue weighted by atomic mass is 35.5. The van der Waals surface area contributed by atoms with Crippen LogP contribution in [0.4, 0.5) is 5.69 Å². The molecule has 1 rings (SSSR count). The smallest absolute Gasteiger partial charge is 0.313 e. The number of nitrogens with one attached hydrogen (secondary N) is 2. The summed E-state index contributed by atoms with van der Waals surface area (Å²) < 4.78 is 0. The fourth-order valence-electron chi connectivity index (χ4n) is 1.52. The standard InChI is InChI=1S/C14H19ClN2O2/c1-3-4-5-8-16-13(18)14(19)17-11-7-6-10(2)12(15)9-11/h6-7,9H,3-5,8H2,1-2H3,(H,16,18)(H,17,19). The van der Waals surface area contributed by atoms with Crippen LogP contribution in [-0.2, 0) is 9.59 Å². The Bertz CT molecular complexity index is 461. The molecule has 2 amide bonds. The van der Waals surface area contributed by atoms with Gasteiger partial charge in [0.15, 0.2) is 0 Å². The summed E-state index contributed by atoms with van der Waals surface area (Å²) in [5.74, 6) is -1.29. The van der Waals surface area contributed by atoms with Crippen LogP contribution in [0.15, 0.2) is 18.2 Å². The SMILES string of the molecule is CCCCCNC(=O)C(=O)Nc1ccc(C)c(Cl)c1. The number of aryl methyl sites for hydroxylation is 1. The van der Waals surface area contributed by atoms with E-state index < -0.39 is 11.8 Å². The van der Waals surface area contributed by atoms with Gasteiger partial charge in [-0.3, -0.25) is 9.59 Å². The predicted molar refractivity (Wildman–Crippen MR) is 77.4 cm³/mol. The van der Waals surface area contributed by atoms with E-state index in [-0.39, 0.29) is 0 Å². The van der Waals surface area contributed by atoms with E-state index in [1.165, 1.54) is 0 Å². The second-order valence-corrected chi connectivity index (χ2v) is 4.79. The number of hydrogen-bond donors (Lipinski definition) is 2. The van der Waals surface area contributed by atoms with Crippen molar-refractivity contribution in [3.05, 3.63) is 28.8 Å². The number of carbonyl (C=O) groups is 2. The van der Waals surface area contributed by atoms with E-state index in [9.17, 15) is 9.59 Å². The highest BCUT2D eigenvalue weighted by molar-refractivity contribution is 6.39. The van der Waals surface area contributed by atoms with Crippen LogP contribution >= 0.6 is 11.6 Å². The van der Waals surface area contributed by atoms with E-state index in [2.05, 4.69) is 17.6 Å². The third-order valence-electron chi connectivity index (χ3n) is 2.70. The molecule has 0 saturated carbocycles. The van der Waals surface area contributed by atoms with Crippen molar-refractivity contribution < 1.29 is 9.59 Å². The van der Waals surface area contributed by atoms with Gasteiger partial charge in [0.2, 0.25) is 0 Å². The molecule has 0 aliphatic rings. The van der Waals surface area contributed by atoms with E-state index in [0.29, 0.717) is 17.3 Å². The molecule has 1 aromatic rings. The minimum atomic E-state index is -0.670. The van der Waals surface area contributed by atoms with Crippen LogP contribution in [0.1, 0.15) is 31.7 Å². The first-order valence-electron chi connectivity index (χ1n) is 6.40. The quantitative estimate of drug-likeness (QED) is 0.644. The second-order valence-electron chi connectivity index (χ2n) is 4.38. The van der Waals surface area contributed by atoms with Gasteiger partial charge in [-0.1, -0.05) is 37.4 Å². The van der Waals surface area contributed by atoms with Gasteiger partial charge >= 0.3 is 11.8 Å². The number of halogens is 1. The average molecular weight is 283 g/mol. The van der Waals surface area contributed by atoms with Gasteiger partial charge in [-0.2, -0.15) is 0 Å². The second kappa shape index (κ2) is 7.79. The van der Waals surface area contributed by atoms with Crippen molar-refractivity contribution in [2.45, 2.75) is 33.1 Å². The molecule has 0 spiro atoms. The summed E-state index contributed by atoms with van der Waals surface area (Å²) in [4.78, 5) is 23.1. The summed E-state index contributed by atoms with van der Waals surface area (Å²) in [7, 11) is 0. The fraction of sp³-hybridized carbons (Fsp3) is 0.429. The topological polar surface area (TPSA) is 58.2 Å². The summed E-state index contributed by atoms with van der Waals surface area (Å²) in [6.45, 7) is 4.47. The normalized spacial score (nSPS) is 10.1. The monoisotopic (exact) mass is 282 g/mol. The Morgan fingerprint density at radius 2 is 1.95 bits per heavy atom. The summed E-state index contributed by atoms with van der Waals surface area (Å²) >= 11 is 5.94. The lowest BCUT2D eigenvalue weighted by atomic mass is 10.2. The number of unbranched alkanes of at least 4 members (excludes halogenated alkanes) is 2. The van der Waals surface area contributed by atoms with Gasteiger partial charge in [0.05, 0.1) is 0 Å². The van der Waals surface area contributed by atoms with Gasteiger partial charge in [-0.25, -0.2) is 0 Å². The molecular weight excluding hydrogens is 264 g/mol. The first kappa shape index (κ1) is 15.5. The van der Waals surface area contributed by atoms with Gasteiger partial charge in [0, 0.05) is 17.3 Å². The molecule has 0 unspecified atom stereocenters. The first-order chi connectivity index (χ1) is 9.04. The minimum absolute atomic E-state index is 0.518. The van der Waals surface area contributed by atoms with E-state index in [4.69, 9.17) is 11.6 Å². The molecule has 0 radical (unpaired) electrons. The zero-order valence-electron chi connectivity index (χ0n) is 11.3. The van der Waals surface area contributed by atoms with E-state index in [1.807, 2.05) is 6.92 Å². The molecule has 0 aliphatic heterocycles. The van der Waals surface area contributed by atoms with Gasteiger partial charge in [0.25, 0.3) is 0 Å². The van der Waals surface area contributed by atoms with Crippen molar-refractivity contribution in [2.24, 2.45) is 0 Å². The molecule has 2 N–H and O–H groups in total. The molecule has 0 aliphatic carbocycles. The van der Waals surface area contributed by atoms with Gasteiger partial charge in [0.1, 0.15) is 0 Å². The number of amides is 2. The molecule has 0 fully saturated rings. The van der Waals surface area contributed by atoms with Crippen LogP contribution in [0.5, 0.6) is 0 Å². The van der Waals surface area contributed by atoms with E-state index >= 15 is 0 Å². The molecule has 0 saturated heterocycles. The summed E-state index contributed by atoms with van der Waals surface area (Å²) in [5, 5.41) is 5.65. The Balaban J connectivity index is 2.45. The Kier molecular flexibility index (Phi) is 6.36. The fourth-order valence-corrected chi connectivity index (χ4v) is 1.70. The van der Waals surface area contributed by atoms with Crippen molar-refractivity contribution in [3.63, 3.8) is 0 Å². The predicted octanol–water partition coefficient (Wildman–Crippen LogP) is 2.89. The molecule has 0 aromatic heterocycles. The van der Waals surface area contributed by atoms with Crippen molar-refractivity contribution in [1.29, 1.82) is 0 Å². The number of hydrogen-bond acceptors (Lipinski definition) is 2. The van der Waals surface area contributed by atoms with Crippen molar-refractivity contribution in [2.75, 3.05) is 11.9 Å². The Morgan fingerprint density at radius 1 is 1.21 bits per heavy atom. The first-order valence-corrected chi connectivity index (χ1v) is 6.77. The maximum Gasteiger partial charge on any atom is 0.313 e. The molecule has 0 heterocycles. The summed E-state index contributed by atoms with van der Waals surface area (Å²) in [6.07, 6.45) is 2.99. The zero-order chi connectivity index (χ0) is 14.3. The van der Waals surface area contributed by atoms with Gasteiger partial charge in [-0.05, 0) is 31.0 Å². The molecule has 0 bridgehead atoms. The number of rotatable bonds is 5. The Morgan fingerprint density at radius 3 is 2.58 bits per heavy atom. The van der Waals surface area contributed by atoms with Crippen LogP contribution in [0.3, 0.4) is 0 Å². The minimum Gasteiger partial charge on any atom is -0.348 e. The van der Waals surface area contributed by atoms with Crippen molar-refractivity contribution in [3.8, 4) is 0 Å². The third kappa shape index (κ3) is 5.30. The summed E-state index contributed by atoms with van der Waals surface area (Å²) in [5.41, 5.74) is 1.44. The molecule has 19 heavy (non-hydrogen) atoms. The van der Waals surface area contributed by atoms with Crippen molar-refractivity contribution >= 4 is 29.1 Å².